The Morgan fingerprint density at radius 2 is 2.05 bits per heavy atom. The van der Waals surface area contributed by atoms with Crippen LogP contribution in [0.25, 0.3) is 6.08 Å². The summed E-state index contributed by atoms with van der Waals surface area (Å²) in [6.07, 6.45) is 3.26. The number of amides is 1. The summed E-state index contributed by atoms with van der Waals surface area (Å²) in [6.45, 7) is 4.09. The molecule has 0 fully saturated rings. The minimum absolute atomic E-state index is 0.175. The summed E-state index contributed by atoms with van der Waals surface area (Å²) in [4.78, 5) is 13.6. The summed E-state index contributed by atoms with van der Waals surface area (Å²) >= 11 is 0. The summed E-state index contributed by atoms with van der Waals surface area (Å²) in [6, 6.07) is 6.47. The average Bonchev–Trinajstić information content (AvgIpc) is 2.72. The maximum absolute atomic E-state index is 13.6. The Bertz CT molecular complexity index is 719. The lowest BCUT2D eigenvalue weighted by molar-refractivity contribution is -0.125. The largest absolute Gasteiger partial charge is 0.338 e. The Hall–Kier alpha value is -2.43. The molecule has 4 nitrogen and oxygen atoms in total. The molecule has 0 bridgehead atoms. The molecule has 0 saturated heterocycles. The number of hydrogen-bond acceptors (Lipinski definition) is 2. The highest BCUT2D eigenvalue weighted by atomic mass is 19.1. The van der Waals surface area contributed by atoms with Crippen molar-refractivity contribution in [3.05, 3.63) is 58.7 Å². The third kappa shape index (κ3) is 3.42. The molecule has 0 radical (unpaired) electrons. The van der Waals surface area contributed by atoms with Gasteiger partial charge in [-0.1, -0.05) is 18.2 Å². The van der Waals surface area contributed by atoms with E-state index in [0.717, 1.165) is 17.0 Å². The van der Waals surface area contributed by atoms with E-state index in [9.17, 15) is 9.18 Å². The number of nitrogens with zero attached hydrogens (tertiary/aromatic N) is 3. The highest BCUT2D eigenvalue weighted by molar-refractivity contribution is 5.91. The molecule has 0 N–H and O–H groups in total. The zero-order chi connectivity index (χ0) is 16.3. The van der Waals surface area contributed by atoms with Crippen LogP contribution in [0.4, 0.5) is 4.39 Å². The molecule has 0 aliphatic heterocycles. The van der Waals surface area contributed by atoms with Crippen molar-refractivity contribution in [2.24, 2.45) is 7.05 Å². The van der Waals surface area contributed by atoms with Crippen molar-refractivity contribution in [3.8, 4) is 0 Å². The average molecular weight is 301 g/mol. The lowest BCUT2D eigenvalue weighted by Crippen LogP contribution is -2.24. The summed E-state index contributed by atoms with van der Waals surface area (Å²) in [5.41, 5.74) is 3.31. The summed E-state index contributed by atoms with van der Waals surface area (Å²) in [5, 5.41) is 4.30. The number of carbonyl (C=O) groups is 1. The van der Waals surface area contributed by atoms with Crippen molar-refractivity contribution < 1.29 is 9.18 Å². The Morgan fingerprint density at radius 3 is 2.64 bits per heavy atom. The van der Waals surface area contributed by atoms with Crippen LogP contribution in [-0.2, 0) is 18.4 Å². The number of rotatable bonds is 4. The van der Waals surface area contributed by atoms with Crippen molar-refractivity contribution in [2.45, 2.75) is 20.4 Å². The van der Waals surface area contributed by atoms with E-state index in [-0.39, 0.29) is 18.3 Å². The lowest BCUT2D eigenvalue weighted by Gasteiger charge is -2.15. The maximum atomic E-state index is 13.6. The van der Waals surface area contributed by atoms with Gasteiger partial charge in [-0.2, -0.15) is 5.10 Å². The van der Waals surface area contributed by atoms with Crippen LogP contribution in [0.1, 0.15) is 22.5 Å². The molecule has 1 heterocycles. The molecule has 0 aliphatic rings. The van der Waals surface area contributed by atoms with Gasteiger partial charge in [-0.3, -0.25) is 9.48 Å². The highest BCUT2D eigenvalue weighted by Gasteiger charge is 2.10. The third-order valence-electron chi connectivity index (χ3n) is 3.70. The molecular weight excluding hydrogens is 281 g/mol. The quantitative estimate of drug-likeness (QED) is 0.815. The maximum Gasteiger partial charge on any atom is 0.246 e. The number of aromatic nitrogens is 2. The number of benzene rings is 1. The van der Waals surface area contributed by atoms with Crippen molar-refractivity contribution in [1.29, 1.82) is 0 Å². The molecule has 22 heavy (non-hydrogen) atoms. The first kappa shape index (κ1) is 15.9. The van der Waals surface area contributed by atoms with Crippen LogP contribution in [0.2, 0.25) is 0 Å². The molecule has 0 unspecified atom stereocenters. The van der Waals surface area contributed by atoms with Gasteiger partial charge in [-0.05, 0) is 26.0 Å². The first-order chi connectivity index (χ1) is 10.4. The summed E-state index contributed by atoms with van der Waals surface area (Å²) < 4.78 is 15.4. The molecule has 0 aliphatic carbocycles. The van der Waals surface area contributed by atoms with Crippen LogP contribution < -0.4 is 0 Å². The fourth-order valence-electron chi connectivity index (χ4n) is 2.27. The highest BCUT2D eigenvalue weighted by Crippen LogP contribution is 2.14. The van der Waals surface area contributed by atoms with Crippen molar-refractivity contribution in [2.75, 3.05) is 7.05 Å². The third-order valence-corrected chi connectivity index (χ3v) is 3.70. The van der Waals surface area contributed by atoms with Gasteiger partial charge in [0.1, 0.15) is 5.82 Å². The molecule has 1 aromatic carbocycles. The van der Waals surface area contributed by atoms with Gasteiger partial charge in [-0.25, -0.2) is 4.39 Å². The number of carbonyl (C=O) groups excluding carboxylic acids is 1. The predicted octanol–water partition coefficient (Wildman–Crippen LogP) is 2.85. The van der Waals surface area contributed by atoms with E-state index in [2.05, 4.69) is 5.10 Å². The number of hydrogen-bond donors (Lipinski definition) is 0. The van der Waals surface area contributed by atoms with Crippen molar-refractivity contribution in [1.82, 2.24) is 14.7 Å². The van der Waals surface area contributed by atoms with Gasteiger partial charge in [0.15, 0.2) is 0 Å². The van der Waals surface area contributed by atoms with Crippen LogP contribution in [0.15, 0.2) is 30.3 Å². The van der Waals surface area contributed by atoms with Crippen molar-refractivity contribution in [3.63, 3.8) is 0 Å². The number of likely N-dealkylation sites (N-methyl/N-ethyl adjacent to an activating group) is 1. The second-order valence-electron chi connectivity index (χ2n) is 5.33. The molecule has 1 amide bonds. The number of aryl methyl sites for hydroxylation is 2. The Labute approximate surface area is 129 Å². The van der Waals surface area contributed by atoms with Gasteiger partial charge >= 0.3 is 0 Å². The topological polar surface area (TPSA) is 38.1 Å². The molecule has 2 aromatic rings. The van der Waals surface area contributed by atoms with Crippen LogP contribution in [0.5, 0.6) is 0 Å². The van der Waals surface area contributed by atoms with Gasteiger partial charge in [0, 0.05) is 43.5 Å². The molecular formula is C17H20FN3O. The van der Waals surface area contributed by atoms with Gasteiger partial charge < -0.3 is 4.90 Å². The van der Waals surface area contributed by atoms with Crippen LogP contribution in [0, 0.1) is 19.7 Å². The lowest BCUT2D eigenvalue weighted by atomic mass is 10.1. The zero-order valence-corrected chi connectivity index (χ0v) is 13.3. The van der Waals surface area contributed by atoms with Crippen LogP contribution in [-0.4, -0.2) is 27.6 Å². The second kappa shape index (κ2) is 6.56. The van der Waals surface area contributed by atoms with Gasteiger partial charge in [-0.15, -0.1) is 0 Å². The minimum atomic E-state index is -0.301. The van der Waals surface area contributed by atoms with Gasteiger partial charge in [0.2, 0.25) is 5.91 Å². The first-order valence-electron chi connectivity index (χ1n) is 7.07. The zero-order valence-electron chi connectivity index (χ0n) is 13.3. The Balaban J connectivity index is 2.08. The van der Waals surface area contributed by atoms with E-state index in [1.165, 1.54) is 17.0 Å². The molecule has 2 rings (SSSR count). The Morgan fingerprint density at radius 1 is 1.36 bits per heavy atom. The summed E-state index contributed by atoms with van der Waals surface area (Å²) in [5.74, 6) is -0.476. The minimum Gasteiger partial charge on any atom is -0.338 e. The fourth-order valence-corrected chi connectivity index (χ4v) is 2.27. The SMILES string of the molecule is Cc1nn(C)c(C)c1C=CC(=O)N(C)Cc1ccccc1F. The monoisotopic (exact) mass is 301 g/mol. The predicted molar refractivity (Wildman–Crippen MR) is 84.6 cm³/mol. The van der Waals surface area contributed by atoms with Crippen molar-refractivity contribution >= 4 is 12.0 Å². The van der Waals surface area contributed by atoms with Gasteiger partial charge in [0.05, 0.1) is 5.69 Å². The molecule has 116 valence electrons. The van der Waals surface area contributed by atoms with E-state index >= 15 is 0 Å². The molecule has 0 spiro atoms. The normalized spacial score (nSPS) is 11.1. The van der Waals surface area contributed by atoms with E-state index in [0.29, 0.717) is 5.56 Å². The smallest absolute Gasteiger partial charge is 0.246 e. The fraction of sp³-hybridized carbons (Fsp3) is 0.294. The van der Waals surface area contributed by atoms with E-state index in [1.807, 2.05) is 20.9 Å². The molecule has 0 atom stereocenters. The van der Waals surface area contributed by atoms with Crippen LogP contribution in [0.3, 0.4) is 0 Å². The van der Waals surface area contributed by atoms with Gasteiger partial charge in [0.25, 0.3) is 0 Å². The standard InChI is InChI=1S/C17H20FN3O/c1-12-15(13(2)21(4)19-12)9-10-17(22)20(3)11-14-7-5-6-8-16(14)18/h5-10H,11H2,1-4H3. The first-order valence-corrected chi connectivity index (χ1v) is 7.07. The van der Waals surface area contributed by atoms with E-state index in [1.54, 1.807) is 36.0 Å². The molecule has 1 aromatic heterocycles. The number of halogens is 1. The van der Waals surface area contributed by atoms with Crippen LogP contribution >= 0.6 is 0 Å². The Kier molecular flexibility index (Phi) is 4.75. The van der Waals surface area contributed by atoms with E-state index in [4.69, 9.17) is 0 Å². The molecule has 0 saturated carbocycles. The molecule has 5 heteroatoms. The van der Waals surface area contributed by atoms with E-state index < -0.39 is 0 Å². The second-order valence-corrected chi connectivity index (χ2v) is 5.33. The summed E-state index contributed by atoms with van der Waals surface area (Å²) in [7, 11) is 3.52.